The van der Waals surface area contributed by atoms with Gasteiger partial charge in [0.05, 0.1) is 17.1 Å². The zero-order valence-corrected chi connectivity index (χ0v) is 11.3. The van der Waals surface area contributed by atoms with E-state index in [4.69, 9.17) is 0 Å². The van der Waals surface area contributed by atoms with Crippen molar-refractivity contribution in [2.75, 3.05) is 0 Å². The Hall–Kier alpha value is -0.590. The fourth-order valence-corrected chi connectivity index (χ4v) is 4.64. The van der Waals surface area contributed by atoms with E-state index in [2.05, 4.69) is 18.3 Å². The first-order valence-electron chi connectivity index (χ1n) is 7.50. The second-order valence-electron chi connectivity index (χ2n) is 6.79. The number of hydrogen-bond donors (Lipinski definition) is 2. The van der Waals surface area contributed by atoms with Gasteiger partial charge in [-0.25, -0.2) is 0 Å². The number of nitrogens with one attached hydrogen (secondary N) is 1. The minimum Gasteiger partial charge on any atom is -0.388 e. The van der Waals surface area contributed by atoms with Gasteiger partial charge in [0.2, 0.25) is 0 Å². The number of rotatable bonds is 2. The van der Waals surface area contributed by atoms with Crippen molar-refractivity contribution in [2.45, 2.75) is 76.0 Å². The molecule has 3 aliphatic rings. The number of hydrogen-bond acceptors (Lipinski definition) is 3. The monoisotopic (exact) mass is 248 g/mol. The standard InChI is InChI=1S/C15H24N2O/c1-2-11-5-6-14(7-11,10-16)15(18)8-12-3-4-13(9-15)17-12/h11-13,17-18H,2-9H2,1H3. The second-order valence-corrected chi connectivity index (χ2v) is 6.79. The molecule has 1 saturated carbocycles. The molecule has 2 N–H and O–H groups in total. The van der Waals surface area contributed by atoms with E-state index in [0.29, 0.717) is 18.0 Å². The molecule has 3 heteroatoms. The molecule has 18 heavy (non-hydrogen) atoms. The number of piperidine rings is 1. The molecule has 0 spiro atoms. The lowest BCUT2D eigenvalue weighted by Gasteiger charge is -2.46. The van der Waals surface area contributed by atoms with E-state index >= 15 is 0 Å². The maximum Gasteiger partial charge on any atom is 0.0864 e. The molecular weight excluding hydrogens is 224 g/mol. The van der Waals surface area contributed by atoms with Gasteiger partial charge in [0.15, 0.2) is 0 Å². The van der Waals surface area contributed by atoms with Crippen LogP contribution in [0.4, 0.5) is 0 Å². The van der Waals surface area contributed by atoms with Gasteiger partial charge in [-0.1, -0.05) is 13.3 Å². The molecule has 100 valence electrons. The van der Waals surface area contributed by atoms with Gasteiger partial charge in [-0.3, -0.25) is 0 Å². The van der Waals surface area contributed by atoms with Crippen molar-refractivity contribution in [1.82, 2.24) is 5.32 Å². The fourth-order valence-electron chi connectivity index (χ4n) is 4.64. The van der Waals surface area contributed by atoms with Gasteiger partial charge >= 0.3 is 0 Å². The molecule has 0 amide bonds. The molecule has 2 heterocycles. The summed E-state index contributed by atoms with van der Waals surface area (Å²) in [7, 11) is 0. The van der Waals surface area contributed by atoms with Crippen LogP contribution in [-0.2, 0) is 0 Å². The van der Waals surface area contributed by atoms with Crippen LogP contribution in [0.1, 0.15) is 58.3 Å². The SMILES string of the molecule is CCC1CCC(C#N)(C2(O)CC3CCC(C2)N3)C1. The Morgan fingerprint density at radius 1 is 1.22 bits per heavy atom. The Morgan fingerprint density at radius 2 is 1.89 bits per heavy atom. The third-order valence-corrected chi connectivity index (χ3v) is 5.80. The summed E-state index contributed by atoms with van der Waals surface area (Å²) in [6.07, 6.45) is 7.99. The Kier molecular flexibility index (Phi) is 2.91. The highest BCUT2D eigenvalue weighted by Gasteiger charge is 2.58. The van der Waals surface area contributed by atoms with Crippen LogP contribution in [0.15, 0.2) is 0 Å². The average molecular weight is 248 g/mol. The van der Waals surface area contributed by atoms with Gasteiger partial charge in [0.1, 0.15) is 0 Å². The second kappa shape index (κ2) is 4.21. The molecule has 0 radical (unpaired) electrons. The van der Waals surface area contributed by atoms with Crippen molar-refractivity contribution in [3.05, 3.63) is 0 Å². The zero-order valence-electron chi connectivity index (χ0n) is 11.3. The summed E-state index contributed by atoms with van der Waals surface area (Å²) >= 11 is 0. The van der Waals surface area contributed by atoms with E-state index in [9.17, 15) is 10.4 Å². The fraction of sp³-hybridized carbons (Fsp3) is 0.933. The van der Waals surface area contributed by atoms with Gasteiger partial charge in [0, 0.05) is 12.1 Å². The molecule has 2 bridgehead atoms. The predicted octanol–water partition coefficient (Wildman–Crippen LogP) is 2.35. The molecule has 1 aliphatic carbocycles. The summed E-state index contributed by atoms with van der Waals surface area (Å²) in [5.41, 5.74) is -1.20. The third-order valence-electron chi connectivity index (χ3n) is 5.80. The zero-order chi connectivity index (χ0) is 12.8. The summed E-state index contributed by atoms with van der Waals surface area (Å²) in [4.78, 5) is 0. The van der Waals surface area contributed by atoms with E-state index in [1.807, 2.05) is 0 Å². The molecule has 0 aromatic heterocycles. The van der Waals surface area contributed by atoms with Gasteiger partial charge in [-0.2, -0.15) is 5.26 Å². The van der Waals surface area contributed by atoms with Crippen LogP contribution in [0, 0.1) is 22.7 Å². The van der Waals surface area contributed by atoms with Crippen LogP contribution < -0.4 is 5.32 Å². The summed E-state index contributed by atoms with van der Waals surface area (Å²) in [5, 5.41) is 24.4. The molecule has 2 saturated heterocycles. The number of aliphatic hydroxyl groups is 1. The quantitative estimate of drug-likeness (QED) is 0.788. The largest absolute Gasteiger partial charge is 0.388 e. The Labute approximate surface area is 110 Å². The summed E-state index contributed by atoms with van der Waals surface area (Å²) in [6, 6.07) is 3.43. The summed E-state index contributed by atoms with van der Waals surface area (Å²) in [6.45, 7) is 2.20. The van der Waals surface area contributed by atoms with Gasteiger partial charge in [-0.15, -0.1) is 0 Å². The molecule has 3 fully saturated rings. The normalized spacial score (nSPS) is 51.3. The van der Waals surface area contributed by atoms with Crippen molar-refractivity contribution in [3.8, 4) is 6.07 Å². The Balaban J connectivity index is 1.86. The van der Waals surface area contributed by atoms with Crippen molar-refractivity contribution >= 4 is 0 Å². The van der Waals surface area contributed by atoms with E-state index in [1.165, 1.54) is 12.8 Å². The van der Waals surface area contributed by atoms with E-state index in [-0.39, 0.29) is 0 Å². The third kappa shape index (κ3) is 1.70. The molecule has 3 rings (SSSR count). The first-order valence-corrected chi connectivity index (χ1v) is 7.50. The van der Waals surface area contributed by atoms with E-state index < -0.39 is 11.0 Å². The Bertz CT molecular complexity index is 363. The number of nitrogens with zero attached hydrogens (tertiary/aromatic N) is 1. The number of fused-ring (bicyclic) bond motifs is 2. The maximum absolute atomic E-state index is 11.2. The van der Waals surface area contributed by atoms with Crippen LogP contribution in [-0.4, -0.2) is 22.8 Å². The first kappa shape index (κ1) is 12.4. The highest BCUT2D eigenvalue weighted by atomic mass is 16.3. The van der Waals surface area contributed by atoms with E-state index in [1.54, 1.807) is 0 Å². The first-order chi connectivity index (χ1) is 8.61. The van der Waals surface area contributed by atoms with Crippen molar-refractivity contribution in [2.24, 2.45) is 11.3 Å². The summed E-state index contributed by atoms with van der Waals surface area (Å²) in [5.74, 6) is 0.640. The molecule has 4 unspecified atom stereocenters. The van der Waals surface area contributed by atoms with E-state index in [0.717, 1.165) is 38.5 Å². The van der Waals surface area contributed by atoms with Crippen LogP contribution in [0.2, 0.25) is 0 Å². The minimum atomic E-state index is -0.733. The predicted molar refractivity (Wildman–Crippen MR) is 69.8 cm³/mol. The van der Waals surface area contributed by atoms with Crippen molar-refractivity contribution < 1.29 is 5.11 Å². The van der Waals surface area contributed by atoms with Gasteiger partial charge < -0.3 is 10.4 Å². The maximum atomic E-state index is 11.2. The number of nitriles is 1. The molecule has 3 nitrogen and oxygen atoms in total. The van der Waals surface area contributed by atoms with Crippen molar-refractivity contribution in [3.63, 3.8) is 0 Å². The lowest BCUT2D eigenvalue weighted by atomic mass is 9.65. The highest BCUT2D eigenvalue weighted by Crippen LogP contribution is 2.55. The average Bonchev–Trinajstić information content (AvgIpc) is 2.94. The minimum absolute atomic E-state index is 0.444. The molecule has 4 atom stereocenters. The lowest BCUT2D eigenvalue weighted by Crippen LogP contribution is -2.56. The molecule has 0 aromatic rings. The topological polar surface area (TPSA) is 56.0 Å². The molecule has 2 aliphatic heterocycles. The molecule has 0 aromatic carbocycles. The molecular formula is C15H24N2O. The van der Waals surface area contributed by atoms with Crippen LogP contribution >= 0.6 is 0 Å². The Morgan fingerprint density at radius 3 is 2.39 bits per heavy atom. The van der Waals surface area contributed by atoms with Crippen LogP contribution in [0.5, 0.6) is 0 Å². The van der Waals surface area contributed by atoms with Gasteiger partial charge in [-0.05, 0) is 50.9 Å². The summed E-state index contributed by atoms with van der Waals surface area (Å²) < 4.78 is 0. The van der Waals surface area contributed by atoms with Crippen LogP contribution in [0.25, 0.3) is 0 Å². The smallest absolute Gasteiger partial charge is 0.0864 e. The lowest BCUT2D eigenvalue weighted by molar-refractivity contribution is -0.0887. The van der Waals surface area contributed by atoms with Crippen LogP contribution in [0.3, 0.4) is 0 Å². The van der Waals surface area contributed by atoms with Gasteiger partial charge in [0.25, 0.3) is 0 Å². The van der Waals surface area contributed by atoms with Crippen molar-refractivity contribution in [1.29, 1.82) is 5.26 Å². The highest BCUT2D eigenvalue weighted by molar-refractivity contribution is 5.18.